The van der Waals surface area contributed by atoms with Crippen molar-refractivity contribution in [2.75, 3.05) is 20.8 Å². The molecular weight excluding hydrogens is 538 g/mol. The first-order chi connectivity index (χ1) is 21.1. The molecule has 0 unspecified atom stereocenters. The van der Waals surface area contributed by atoms with E-state index in [1.165, 1.54) is 7.11 Å². The van der Waals surface area contributed by atoms with Crippen LogP contribution in [0.1, 0.15) is 11.1 Å². The van der Waals surface area contributed by atoms with Gasteiger partial charge in [0, 0.05) is 22.4 Å². The van der Waals surface area contributed by atoms with Gasteiger partial charge in [-0.2, -0.15) is 0 Å². The summed E-state index contributed by atoms with van der Waals surface area (Å²) >= 11 is 0. The van der Waals surface area contributed by atoms with Gasteiger partial charge in [-0.25, -0.2) is 14.8 Å². The van der Waals surface area contributed by atoms with Crippen molar-refractivity contribution in [3.8, 4) is 33.9 Å². The molecule has 1 aromatic heterocycles. The lowest BCUT2D eigenvalue weighted by Crippen LogP contribution is -2.12. The number of methoxy groups -OCH3 is 2. The molecule has 0 spiro atoms. The fourth-order valence-electron chi connectivity index (χ4n) is 4.80. The number of hydrogen-bond donors (Lipinski definition) is 1. The highest BCUT2D eigenvalue weighted by Crippen LogP contribution is 2.37. The largest absolute Gasteiger partial charge is 0.497 e. The third kappa shape index (κ3) is 6.16. The molecule has 2 heterocycles. The quantitative estimate of drug-likeness (QED) is 0.187. The van der Waals surface area contributed by atoms with Crippen LogP contribution in [0.25, 0.3) is 28.0 Å². The molecule has 0 saturated carbocycles. The number of esters is 1. The molecule has 0 fully saturated rings. The van der Waals surface area contributed by atoms with Crippen LogP contribution in [0.2, 0.25) is 0 Å². The lowest BCUT2D eigenvalue weighted by atomic mass is 10.0. The fraction of sp³-hybridized carbons (Fsp3) is 0.0833. The van der Waals surface area contributed by atoms with Crippen LogP contribution < -0.4 is 9.47 Å². The van der Waals surface area contributed by atoms with E-state index in [-0.39, 0.29) is 6.61 Å². The first-order valence-corrected chi connectivity index (χ1v) is 13.8. The number of carbonyl (C=O) groups excluding carboxylic acids is 1. The number of nitrogens with one attached hydrogen (secondary N) is 1. The summed E-state index contributed by atoms with van der Waals surface area (Å²) in [6.07, 6.45) is 2.05. The molecule has 7 nitrogen and oxygen atoms in total. The van der Waals surface area contributed by atoms with E-state index >= 15 is 0 Å². The average Bonchev–Trinajstić information content (AvgIpc) is 3.70. The van der Waals surface area contributed by atoms with Crippen molar-refractivity contribution >= 4 is 28.9 Å². The minimum absolute atomic E-state index is 0.156. The van der Waals surface area contributed by atoms with Gasteiger partial charge < -0.3 is 19.2 Å². The van der Waals surface area contributed by atoms with Crippen LogP contribution in [0.3, 0.4) is 0 Å². The van der Waals surface area contributed by atoms with Crippen LogP contribution >= 0.6 is 0 Å². The Balaban J connectivity index is 1.43. The van der Waals surface area contributed by atoms with E-state index < -0.39 is 5.97 Å². The number of H-pyrrole nitrogens is 1. The summed E-state index contributed by atoms with van der Waals surface area (Å²) in [6, 6.07) is 37.8. The van der Waals surface area contributed by atoms with Gasteiger partial charge in [-0.15, -0.1) is 0 Å². The maximum Gasteiger partial charge on any atom is 0.343 e. The summed E-state index contributed by atoms with van der Waals surface area (Å²) in [5, 5.41) is 0. The molecular formula is C36H29N3O4. The van der Waals surface area contributed by atoms with E-state index in [0.29, 0.717) is 17.4 Å². The van der Waals surface area contributed by atoms with E-state index in [0.717, 1.165) is 50.5 Å². The first-order valence-electron chi connectivity index (χ1n) is 13.8. The number of benzene rings is 4. The van der Waals surface area contributed by atoms with Crippen molar-refractivity contribution in [3.63, 3.8) is 0 Å². The maximum absolute atomic E-state index is 11.5. The van der Waals surface area contributed by atoms with Crippen LogP contribution in [0.4, 0.5) is 5.82 Å². The predicted octanol–water partition coefficient (Wildman–Crippen LogP) is 7.53. The van der Waals surface area contributed by atoms with E-state index in [1.54, 1.807) is 7.11 Å². The molecule has 0 bridgehead atoms. The zero-order valence-corrected chi connectivity index (χ0v) is 23.8. The standard InChI is InChI=1S/C36H29N3O4/c1-41-28-17-13-24(14-18-28)30-21-32(26-9-5-3-6-10-26)37-35(30)39-36-31(22-33(38-36)27-11-7-4-8-12-27)25-15-19-29(20-16-25)43-23-34(40)42-2/h3-22,37H,23H2,1-2H3/b39-36+. The van der Waals surface area contributed by atoms with Crippen LogP contribution in [0, 0.1) is 0 Å². The molecule has 43 heavy (non-hydrogen) atoms. The van der Waals surface area contributed by atoms with Crippen molar-refractivity contribution in [1.29, 1.82) is 0 Å². The minimum Gasteiger partial charge on any atom is -0.497 e. The van der Waals surface area contributed by atoms with Crippen molar-refractivity contribution in [2.45, 2.75) is 0 Å². The van der Waals surface area contributed by atoms with Crippen molar-refractivity contribution in [1.82, 2.24) is 4.98 Å². The molecule has 4 aromatic carbocycles. The number of carbonyl (C=O) groups is 1. The number of amidine groups is 1. The summed E-state index contributed by atoms with van der Waals surface area (Å²) in [6.45, 7) is -0.156. The SMILES string of the molecule is COC(=O)COc1ccc(C2=CC(c3ccccc3)=N/C2=N/c2[nH]c(-c3ccccc3)cc2-c2ccc(OC)cc2)cc1. The molecule has 0 aliphatic carbocycles. The average molecular weight is 568 g/mol. The highest BCUT2D eigenvalue weighted by Gasteiger charge is 2.21. The Labute approximate surface area is 249 Å². The maximum atomic E-state index is 11.5. The Bertz CT molecular complexity index is 1820. The third-order valence-electron chi connectivity index (χ3n) is 7.07. The van der Waals surface area contributed by atoms with Crippen LogP contribution in [0.5, 0.6) is 11.5 Å². The second-order valence-electron chi connectivity index (χ2n) is 9.79. The molecule has 7 heteroatoms. The highest BCUT2D eigenvalue weighted by molar-refractivity contribution is 6.38. The minimum atomic E-state index is -0.439. The molecule has 0 radical (unpaired) electrons. The number of aliphatic imine (C=N–C) groups is 2. The highest BCUT2D eigenvalue weighted by atomic mass is 16.6. The van der Waals surface area contributed by atoms with Gasteiger partial charge in [0.1, 0.15) is 17.3 Å². The number of allylic oxidation sites excluding steroid dienone is 1. The number of aromatic amines is 1. The predicted molar refractivity (Wildman–Crippen MR) is 170 cm³/mol. The topological polar surface area (TPSA) is 85.3 Å². The summed E-state index contributed by atoms with van der Waals surface area (Å²) in [5.74, 6) is 2.19. The summed E-state index contributed by atoms with van der Waals surface area (Å²) < 4.78 is 15.6. The van der Waals surface area contributed by atoms with Gasteiger partial charge in [0.15, 0.2) is 12.4 Å². The van der Waals surface area contributed by atoms with Crippen LogP contribution in [-0.2, 0) is 9.53 Å². The Kier molecular flexibility index (Phi) is 7.95. The summed E-state index contributed by atoms with van der Waals surface area (Å²) in [7, 11) is 2.99. The number of rotatable bonds is 9. The van der Waals surface area contributed by atoms with Crippen molar-refractivity contribution < 1.29 is 19.0 Å². The fourth-order valence-corrected chi connectivity index (χ4v) is 4.80. The van der Waals surface area contributed by atoms with Gasteiger partial charge >= 0.3 is 5.97 Å². The number of ether oxygens (including phenoxy) is 3. The van der Waals surface area contributed by atoms with Gasteiger partial charge in [0.25, 0.3) is 0 Å². The van der Waals surface area contributed by atoms with E-state index in [4.69, 9.17) is 19.5 Å². The third-order valence-corrected chi connectivity index (χ3v) is 7.07. The summed E-state index contributed by atoms with van der Waals surface area (Å²) in [5.41, 5.74) is 7.56. The van der Waals surface area contributed by atoms with Gasteiger partial charge in [-0.3, -0.25) is 0 Å². The molecule has 1 aliphatic rings. The molecule has 6 rings (SSSR count). The Morgan fingerprint density at radius 1 is 0.744 bits per heavy atom. The van der Waals surface area contributed by atoms with Gasteiger partial charge in [0.2, 0.25) is 0 Å². The molecule has 0 saturated heterocycles. The smallest absolute Gasteiger partial charge is 0.343 e. The molecule has 5 aromatic rings. The van der Waals surface area contributed by atoms with Crippen molar-refractivity contribution in [2.24, 2.45) is 9.98 Å². The molecule has 0 atom stereocenters. The monoisotopic (exact) mass is 567 g/mol. The van der Waals surface area contributed by atoms with Crippen LogP contribution in [0.15, 0.2) is 131 Å². The molecule has 0 amide bonds. The van der Waals surface area contributed by atoms with Gasteiger partial charge in [-0.05, 0) is 53.1 Å². The molecule has 212 valence electrons. The normalized spacial score (nSPS) is 13.4. The van der Waals surface area contributed by atoms with Gasteiger partial charge in [0.05, 0.1) is 19.9 Å². The molecule has 1 aliphatic heterocycles. The van der Waals surface area contributed by atoms with E-state index in [9.17, 15) is 4.79 Å². The van der Waals surface area contributed by atoms with E-state index in [2.05, 4.69) is 27.9 Å². The van der Waals surface area contributed by atoms with E-state index in [1.807, 2.05) is 103 Å². The number of aromatic nitrogens is 1. The lowest BCUT2D eigenvalue weighted by Gasteiger charge is -2.08. The zero-order chi connectivity index (χ0) is 29.6. The Morgan fingerprint density at radius 2 is 1.37 bits per heavy atom. The lowest BCUT2D eigenvalue weighted by molar-refractivity contribution is -0.142. The Morgan fingerprint density at radius 3 is 2.02 bits per heavy atom. The van der Waals surface area contributed by atoms with Crippen molar-refractivity contribution in [3.05, 3.63) is 132 Å². The molecule has 1 N–H and O–H groups in total. The Hall–Kier alpha value is -5.69. The summed E-state index contributed by atoms with van der Waals surface area (Å²) in [4.78, 5) is 25.2. The first kappa shape index (κ1) is 27.5. The number of hydrogen-bond acceptors (Lipinski definition) is 5. The second-order valence-corrected chi connectivity index (χ2v) is 9.79. The zero-order valence-electron chi connectivity index (χ0n) is 23.8. The van der Waals surface area contributed by atoms with Gasteiger partial charge in [-0.1, -0.05) is 84.9 Å². The second kappa shape index (κ2) is 12.4. The van der Waals surface area contributed by atoms with Crippen LogP contribution in [-0.4, -0.2) is 43.3 Å². The number of nitrogens with zero attached hydrogens (tertiary/aromatic N) is 2.